The molecule has 2 unspecified atom stereocenters. The van der Waals surface area contributed by atoms with Crippen molar-refractivity contribution < 1.29 is 19.4 Å². The van der Waals surface area contributed by atoms with E-state index in [-0.39, 0.29) is 17.9 Å². The highest BCUT2D eigenvalue weighted by atomic mass is 16.5. The van der Waals surface area contributed by atoms with Crippen molar-refractivity contribution in [1.29, 1.82) is 0 Å². The van der Waals surface area contributed by atoms with Crippen LogP contribution >= 0.6 is 0 Å². The minimum Gasteiger partial charge on any atom is -0.481 e. The fraction of sp³-hybridized carbons (Fsp3) is 0.714. The van der Waals surface area contributed by atoms with Crippen LogP contribution in [0, 0.1) is 11.8 Å². The van der Waals surface area contributed by atoms with Crippen molar-refractivity contribution in [3.63, 3.8) is 0 Å². The largest absolute Gasteiger partial charge is 0.481 e. The number of rotatable bonds is 8. The number of carboxylic acids is 1. The van der Waals surface area contributed by atoms with Crippen LogP contribution in [-0.4, -0.2) is 55.4 Å². The SMILES string of the molecule is C=CCN(CCOC)C(=O)NCC1CCCC1C(=O)O. The number of urea groups is 1. The number of methoxy groups -OCH3 is 1. The Bertz CT molecular complexity index is 346. The lowest BCUT2D eigenvalue weighted by Gasteiger charge is -2.23. The quantitative estimate of drug-likeness (QED) is 0.659. The van der Waals surface area contributed by atoms with Crippen LogP contribution < -0.4 is 5.32 Å². The zero-order chi connectivity index (χ0) is 15.0. The summed E-state index contributed by atoms with van der Waals surface area (Å²) in [7, 11) is 1.58. The van der Waals surface area contributed by atoms with Crippen LogP contribution in [0.5, 0.6) is 0 Å². The Morgan fingerprint density at radius 3 is 2.85 bits per heavy atom. The van der Waals surface area contributed by atoms with Gasteiger partial charge in [-0.1, -0.05) is 12.5 Å². The normalized spacial score (nSPS) is 21.4. The van der Waals surface area contributed by atoms with Gasteiger partial charge in [0.1, 0.15) is 0 Å². The zero-order valence-electron chi connectivity index (χ0n) is 12.0. The van der Waals surface area contributed by atoms with Crippen LogP contribution in [0.3, 0.4) is 0 Å². The van der Waals surface area contributed by atoms with E-state index in [1.807, 2.05) is 0 Å². The first-order chi connectivity index (χ1) is 9.60. The summed E-state index contributed by atoms with van der Waals surface area (Å²) in [5, 5.41) is 11.9. The van der Waals surface area contributed by atoms with Gasteiger partial charge in [0.05, 0.1) is 12.5 Å². The monoisotopic (exact) mass is 284 g/mol. The molecule has 2 atom stereocenters. The molecule has 0 aromatic heterocycles. The van der Waals surface area contributed by atoms with Crippen molar-refractivity contribution in [2.75, 3.05) is 33.4 Å². The Labute approximate surface area is 119 Å². The van der Waals surface area contributed by atoms with E-state index < -0.39 is 5.97 Å². The van der Waals surface area contributed by atoms with Gasteiger partial charge in [0.2, 0.25) is 0 Å². The second kappa shape index (κ2) is 8.58. The summed E-state index contributed by atoms with van der Waals surface area (Å²) in [6.07, 6.45) is 4.13. The highest BCUT2D eigenvalue weighted by Gasteiger charge is 2.33. The summed E-state index contributed by atoms with van der Waals surface area (Å²) < 4.78 is 4.96. The van der Waals surface area contributed by atoms with Crippen molar-refractivity contribution in [3.05, 3.63) is 12.7 Å². The Morgan fingerprint density at radius 2 is 2.25 bits per heavy atom. The third kappa shape index (κ3) is 4.85. The predicted octanol–water partition coefficient (Wildman–Crippen LogP) is 1.33. The van der Waals surface area contributed by atoms with Crippen LogP contribution in [0.2, 0.25) is 0 Å². The maximum absolute atomic E-state index is 12.0. The second-order valence-electron chi connectivity index (χ2n) is 5.05. The van der Waals surface area contributed by atoms with Gasteiger partial charge in [-0.2, -0.15) is 0 Å². The number of nitrogens with zero attached hydrogens (tertiary/aromatic N) is 1. The Kier molecular flexibility index (Phi) is 7.08. The molecule has 20 heavy (non-hydrogen) atoms. The van der Waals surface area contributed by atoms with E-state index in [9.17, 15) is 9.59 Å². The van der Waals surface area contributed by atoms with Gasteiger partial charge in [-0.15, -0.1) is 6.58 Å². The molecular formula is C14H24N2O4. The van der Waals surface area contributed by atoms with Gasteiger partial charge >= 0.3 is 12.0 Å². The topological polar surface area (TPSA) is 78.9 Å². The number of amides is 2. The minimum atomic E-state index is -0.760. The molecule has 0 heterocycles. The standard InChI is InChI=1S/C14H24N2O4/c1-3-7-16(8-9-20-2)14(19)15-10-11-5-4-6-12(11)13(17)18/h3,11-12H,1,4-10H2,2H3,(H,15,19)(H,17,18). The molecule has 2 N–H and O–H groups in total. The molecule has 6 heteroatoms. The molecule has 2 amide bonds. The highest BCUT2D eigenvalue weighted by Crippen LogP contribution is 2.31. The van der Waals surface area contributed by atoms with Gasteiger partial charge in [0, 0.05) is 26.7 Å². The van der Waals surface area contributed by atoms with Crippen LogP contribution in [-0.2, 0) is 9.53 Å². The number of carbonyl (C=O) groups excluding carboxylic acids is 1. The van der Waals surface area contributed by atoms with Crippen LogP contribution in [0.15, 0.2) is 12.7 Å². The molecule has 0 aromatic carbocycles. The smallest absolute Gasteiger partial charge is 0.317 e. The van der Waals surface area contributed by atoms with Crippen LogP contribution in [0.25, 0.3) is 0 Å². The second-order valence-corrected chi connectivity index (χ2v) is 5.05. The third-order valence-corrected chi connectivity index (χ3v) is 3.69. The lowest BCUT2D eigenvalue weighted by atomic mass is 9.96. The van der Waals surface area contributed by atoms with Crippen molar-refractivity contribution in [2.45, 2.75) is 19.3 Å². The highest BCUT2D eigenvalue weighted by molar-refractivity contribution is 5.74. The van der Waals surface area contributed by atoms with Crippen molar-refractivity contribution >= 4 is 12.0 Å². The molecular weight excluding hydrogens is 260 g/mol. The average molecular weight is 284 g/mol. The fourth-order valence-corrected chi connectivity index (χ4v) is 2.57. The van der Waals surface area contributed by atoms with E-state index in [2.05, 4.69) is 11.9 Å². The molecule has 1 aliphatic rings. The number of carboxylic acid groups (broad SMARTS) is 1. The van der Waals surface area contributed by atoms with Crippen LogP contribution in [0.4, 0.5) is 4.79 Å². The molecule has 1 saturated carbocycles. The maximum atomic E-state index is 12.0. The molecule has 0 radical (unpaired) electrons. The molecule has 1 rings (SSSR count). The average Bonchev–Trinajstić information content (AvgIpc) is 2.89. The van der Waals surface area contributed by atoms with E-state index >= 15 is 0 Å². The molecule has 114 valence electrons. The number of ether oxygens (including phenoxy) is 1. The lowest BCUT2D eigenvalue weighted by molar-refractivity contribution is -0.142. The first-order valence-electron chi connectivity index (χ1n) is 6.95. The summed E-state index contributed by atoms with van der Waals surface area (Å²) in [5.41, 5.74) is 0. The molecule has 1 fully saturated rings. The molecule has 1 aliphatic carbocycles. The summed E-state index contributed by atoms with van der Waals surface area (Å²) in [4.78, 5) is 24.7. The third-order valence-electron chi connectivity index (χ3n) is 3.69. The Hall–Kier alpha value is -1.56. The summed E-state index contributed by atoms with van der Waals surface area (Å²) >= 11 is 0. The first-order valence-corrected chi connectivity index (χ1v) is 6.95. The van der Waals surface area contributed by atoms with Gasteiger partial charge in [-0.05, 0) is 18.8 Å². The van der Waals surface area contributed by atoms with Gasteiger partial charge in [0.25, 0.3) is 0 Å². The van der Waals surface area contributed by atoms with Gasteiger partial charge in [-0.3, -0.25) is 4.79 Å². The number of nitrogens with one attached hydrogen (secondary N) is 1. The Balaban J connectivity index is 2.43. The Morgan fingerprint density at radius 1 is 1.50 bits per heavy atom. The fourth-order valence-electron chi connectivity index (χ4n) is 2.57. The van der Waals surface area contributed by atoms with Crippen LogP contribution in [0.1, 0.15) is 19.3 Å². The summed E-state index contributed by atoms with van der Waals surface area (Å²) in [6.45, 7) is 5.43. The molecule has 6 nitrogen and oxygen atoms in total. The van der Waals surface area contributed by atoms with Gasteiger partial charge < -0.3 is 20.1 Å². The van der Waals surface area contributed by atoms with E-state index in [0.717, 1.165) is 12.8 Å². The van der Waals surface area contributed by atoms with E-state index in [1.165, 1.54) is 0 Å². The molecule has 0 bridgehead atoms. The predicted molar refractivity (Wildman–Crippen MR) is 75.5 cm³/mol. The molecule has 0 saturated heterocycles. The summed E-state index contributed by atoms with van der Waals surface area (Å²) in [5.74, 6) is -1.06. The first kappa shape index (κ1) is 16.5. The maximum Gasteiger partial charge on any atom is 0.317 e. The summed E-state index contributed by atoms with van der Waals surface area (Å²) in [6, 6.07) is -0.196. The zero-order valence-corrected chi connectivity index (χ0v) is 12.0. The van der Waals surface area contributed by atoms with E-state index in [0.29, 0.717) is 32.7 Å². The van der Waals surface area contributed by atoms with E-state index in [4.69, 9.17) is 9.84 Å². The van der Waals surface area contributed by atoms with Crippen molar-refractivity contribution in [3.8, 4) is 0 Å². The number of hydrogen-bond acceptors (Lipinski definition) is 3. The minimum absolute atomic E-state index is 0.0319. The number of hydrogen-bond donors (Lipinski definition) is 2. The molecule has 0 spiro atoms. The molecule has 0 aliphatic heterocycles. The van der Waals surface area contributed by atoms with Gasteiger partial charge in [0.15, 0.2) is 0 Å². The molecule has 0 aromatic rings. The van der Waals surface area contributed by atoms with Crippen molar-refractivity contribution in [2.24, 2.45) is 11.8 Å². The number of aliphatic carboxylic acids is 1. The van der Waals surface area contributed by atoms with E-state index in [1.54, 1.807) is 18.1 Å². The number of carbonyl (C=O) groups is 2. The van der Waals surface area contributed by atoms with Gasteiger partial charge in [-0.25, -0.2) is 4.79 Å². The van der Waals surface area contributed by atoms with Crippen molar-refractivity contribution in [1.82, 2.24) is 10.2 Å². The lowest BCUT2D eigenvalue weighted by Crippen LogP contribution is -2.44.